The number of Topliss-reactive ketones (excluding diaryl/α,β-unsaturated/α-hetero) is 1. The van der Waals surface area contributed by atoms with Crippen LogP contribution in [-0.2, 0) is 6.42 Å². The second-order valence-corrected chi connectivity index (χ2v) is 9.38. The van der Waals surface area contributed by atoms with Gasteiger partial charge in [0.1, 0.15) is 0 Å². The fourth-order valence-corrected chi connectivity index (χ4v) is 4.39. The van der Waals surface area contributed by atoms with E-state index < -0.39 is 0 Å². The van der Waals surface area contributed by atoms with Crippen LogP contribution in [0.5, 0.6) is 0 Å². The normalized spacial score (nSPS) is 15.7. The van der Waals surface area contributed by atoms with Crippen LogP contribution in [0.4, 0.5) is 0 Å². The number of aromatic nitrogens is 1. The number of nitrogens with zero attached hydrogens (tertiary/aromatic N) is 1. The van der Waals surface area contributed by atoms with Gasteiger partial charge < -0.3 is 4.57 Å². The van der Waals surface area contributed by atoms with Crippen molar-refractivity contribution >= 4 is 33.3 Å². The van der Waals surface area contributed by atoms with Gasteiger partial charge in [-0.25, -0.2) is 0 Å². The summed E-state index contributed by atoms with van der Waals surface area (Å²) in [5.41, 5.74) is 6.04. The Kier molecular flexibility index (Phi) is 4.56. The predicted molar refractivity (Wildman–Crippen MR) is 115 cm³/mol. The van der Waals surface area contributed by atoms with Crippen LogP contribution < -0.4 is 0 Å². The van der Waals surface area contributed by atoms with Gasteiger partial charge in [0.25, 0.3) is 0 Å². The lowest BCUT2D eigenvalue weighted by atomic mass is 9.76. The molecule has 0 N–H and O–H groups in total. The summed E-state index contributed by atoms with van der Waals surface area (Å²) < 4.78 is 3.27. The van der Waals surface area contributed by atoms with Crippen molar-refractivity contribution in [2.24, 2.45) is 5.41 Å². The first-order valence-corrected chi connectivity index (χ1v) is 10.2. The topological polar surface area (TPSA) is 22.0 Å². The van der Waals surface area contributed by atoms with Gasteiger partial charge in [0.15, 0.2) is 5.78 Å². The smallest absolute Gasteiger partial charge is 0.165 e. The maximum atomic E-state index is 12.9. The van der Waals surface area contributed by atoms with E-state index in [1.165, 1.54) is 0 Å². The van der Waals surface area contributed by atoms with Crippen molar-refractivity contribution in [1.29, 1.82) is 0 Å². The highest BCUT2D eigenvalue weighted by atomic mass is 79.9. The average molecular weight is 443 g/mol. The summed E-state index contributed by atoms with van der Waals surface area (Å²) in [5, 5.41) is 0.734. The summed E-state index contributed by atoms with van der Waals surface area (Å²) in [7, 11) is 0. The average Bonchev–Trinajstić information content (AvgIpc) is 2.96. The first-order valence-electron chi connectivity index (χ1n) is 9.06. The van der Waals surface area contributed by atoms with Gasteiger partial charge in [-0.1, -0.05) is 59.6 Å². The maximum Gasteiger partial charge on any atom is 0.165 e. The summed E-state index contributed by atoms with van der Waals surface area (Å²) in [5.74, 6) is 0.220. The second kappa shape index (κ2) is 6.65. The highest BCUT2D eigenvalue weighted by Crippen LogP contribution is 2.41. The number of halogens is 2. The Hall–Kier alpha value is -1.84. The third kappa shape index (κ3) is 3.28. The summed E-state index contributed by atoms with van der Waals surface area (Å²) in [6, 6.07) is 16.2. The zero-order chi connectivity index (χ0) is 19.3. The molecule has 27 heavy (non-hydrogen) atoms. The molecule has 2 aromatic carbocycles. The Morgan fingerprint density at radius 3 is 2.48 bits per heavy atom. The minimum Gasteiger partial charge on any atom is -0.313 e. The molecule has 0 amide bonds. The van der Waals surface area contributed by atoms with Crippen LogP contribution in [-0.4, -0.2) is 10.4 Å². The number of hydrogen-bond donors (Lipinski definition) is 0. The van der Waals surface area contributed by atoms with E-state index in [-0.39, 0.29) is 11.2 Å². The minimum absolute atomic E-state index is 0.0519. The second-order valence-electron chi connectivity index (χ2n) is 8.06. The van der Waals surface area contributed by atoms with E-state index in [4.69, 9.17) is 11.6 Å². The van der Waals surface area contributed by atoms with Crippen molar-refractivity contribution in [2.45, 2.75) is 33.6 Å². The number of benzene rings is 2. The van der Waals surface area contributed by atoms with E-state index in [0.717, 1.165) is 49.7 Å². The number of carbonyl (C=O) groups is 1. The summed E-state index contributed by atoms with van der Waals surface area (Å²) in [6.07, 6.45) is 1.44. The van der Waals surface area contributed by atoms with Crippen molar-refractivity contribution in [3.8, 4) is 16.9 Å². The van der Waals surface area contributed by atoms with Crippen LogP contribution in [0.25, 0.3) is 16.9 Å². The van der Waals surface area contributed by atoms with Crippen LogP contribution in [0.3, 0.4) is 0 Å². The zero-order valence-electron chi connectivity index (χ0n) is 15.6. The molecule has 1 aromatic heterocycles. The fraction of sp³-hybridized carbons (Fsp3) is 0.261. The van der Waals surface area contributed by atoms with Crippen molar-refractivity contribution in [1.82, 2.24) is 4.57 Å². The Morgan fingerprint density at radius 2 is 1.78 bits per heavy atom. The molecule has 2 nitrogen and oxygen atoms in total. The summed E-state index contributed by atoms with van der Waals surface area (Å²) in [4.78, 5) is 12.9. The Morgan fingerprint density at radius 1 is 1.07 bits per heavy atom. The van der Waals surface area contributed by atoms with Gasteiger partial charge in [0.2, 0.25) is 0 Å². The van der Waals surface area contributed by atoms with E-state index in [0.29, 0.717) is 6.42 Å². The van der Waals surface area contributed by atoms with Crippen LogP contribution in [0, 0.1) is 12.3 Å². The van der Waals surface area contributed by atoms with E-state index in [9.17, 15) is 4.79 Å². The van der Waals surface area contributed by atoms with Gasteiger partial charge in [-0.2, -0.15) is 0 Å². The number of fused-ring (bicyclic) bond motifs is 1. The number of rotatable bonds is 2. The molecule has 0 fully saturated rings. The molecule has 0 radical (unpaired) electrons. The quantitative estimate of drug-likeness (QED) is 0.418. The lowest BCUT2D eigenvalue weighted by Crippen LogP contribution is -2.27. The van der Waals surface area contributed by atoms with Gasteiger partial charge in [-0.3, -0.25) is 4.79 Å². The molecule has 0 saturated heterocycles. The largest absolute Gasteiger partial charge is 0.313 e. The minimum atomic E-state index is -0.0519. The molecule has 0 aliphatic heterocycles. The van der Waals surface area contributed by atoms with Gasteiger partial charge in [0.05, 0.1) is 11.4 Å². The zero-order valence-corrected chi connectivity index (χ0v) is 18.0. The molecular formula is C23H21BrClNO. The van der Waals surface area contributed by atoms with Gasteiger partial charge in [-0.15, -0.1) is 0 Å². The molecule has 1 aliphatic rings. The standard InChI is InChI=1S/C23H21BrClNO/c1-14-18(25)5-4-6-19(14)26-20(15-7-9-16(24)10-8-15)11-17-21(26)12-23(2,3)13-22(17)27/h4-11H,12-13H2,1-3H3. The lowest BCUT2D eigenvalue weighted by molar-refractivity contribution is 0.0911. The molecule has 0 atom stereocenters. The highest BCUT2D eigenvalue weighted by Gasteiger charge is 2.35. The summed E-state index contributed by atoms with van der Waals surface area (Å²) in [6.45, 7) is 6.36. The van der Waals surface area contributed by atoms with Crippen molar-refractivity contribution < 1.29 is 4.79 Å². The molecule has 1 heterocycles. The number of hydrogen-bond acceptors (Lipinski definition) is 1. The summed E-state index contributed by atoms with van der Waals surface area (Å²) >= 11 is 9.94. The Balaban J connectivity index is 2.04. The number of ketones is 1. The van der Waals surface area contributed by atoms with E-state index in [1.54, 1.807) is 0 Å². The van der Waals surface area contributed by atoms with Crippen LogP contribution in [0.1, 0.15) is 41.9 Å². The SMILES string of the molecule is Cc1c(Cl)cccc1-n1c(-c2ccc(Br)cc2)cc2c1CC(C)(C)CC2=O. The Labute approximate surface area is 173 Å². The van der Waals surface area contributed by atoms with E-state index in [2.05, 4.69) is 58.6 Å². The van der Waals surface area contributed by atoms with Crippen molar-refractivity contribution in [2.75, 3.05) is 0 Å². The number of carbonyl (C=O) groups excluding carboxylic acids is 1. The lowest BCUT2D eigenvalue weighted by Gasteiger charge is -2.30. The first-order chi connectivity index (χ1) is 12.8. The first kappa shape index (κ1) is 18.5. The molecule has 0 unspecified atom stereocenters. The molecule has 138 valence electrons. The maximum absolute atomic E-state index is 12.9. The molecule has 0 bridgehead atoms. The van der Waals surface area contributed by atoms with E-state index >= 15 is 0 Å². The third-order valence-electron chi connectivity index (χ3n) is 5.31. The molecular weight excluding hydrogens is 422 g/mol. The van der Waals surface area contributed by atoms with Crippen LogP contribution >= 0.6 is 27.5 Å². The van der Waals surface area contributed by atoms with Crippen molar-refractivity contribution in [3.63, 3.8) is 0 Å². The molecule has 3 aromatic rings. The van der Waals surface area contributed by atoms with E-state index in [1.807, 2.05) is 31.2 Å². The molecule has 0 saturated carbocycles. The van der Waals surface area contributed by atoms with Gasteiger partial charge >= 0.3 is 0 Å². The molecule has 0 spiro atoms. The molecule has 1 aliphatic carbocycles. The predicted octanol–water partition coefficient (Wildman–Crippen LogP) is 7.02. The monoisotopic (exact) mass is 441 g/mol. The van der Waals surface area contributed by atoms with Gasteiger partial charge in [-0.05, 0) is 60.2 Å². The van der Waals surface area contributed by atoms with Crippen LogP contribution in [0.2, 0.25) is 5.02 Å². The van der Waals surface area contributed by atoms with Crippen molar-refractivity contribution in [3.05, 3.63) is 74.8 Å². The molecule has 4 rings (SSSR count). The third-order valence-corrected chi connectivity index (χ3v) is 6.25. The fourth-order valence-electron chi connectivity index (χ4n) is 3.96. The van der Waals surface area contributed by atoms with Crippen LogP contribution in [0.15, 0.2) is 53.0 Å². The Bertz CT molecular complexity index is 1050. The van der Waals surface area contributed by atoms with Gasteiger partial charge in [0, 0.05) is 27.2 Å². The highest BCUT2D eigenvalue weighted by molar-refractivity contribution is 9.10. The molecule has 4 heteroatoms.